The number of thiophene rings is 1. The summed E-state index contributed by atoms with van der Waals surface area (Å²) in [5.74, 6) is 1.21. The predicted molar refractivity (Wildman–Crippen MR) is 183 cm³/mol. The minimum atomic E-state index is -0.854. The Hall–Kier alpha value is -3.28. The van der Waals surface area contributed by atoms with Crippen molar-refractivity contribution in [3.8, 4) is 5.75 Å². The van der Waals surface area contributed by atoms with Gasteiger partial charge in [-0.3, -0.25) is 4.79 Å². The summed E-state index contributed by atoms with van der Waals surface area (Å²) < 4.78 is 6.64. The van der Waals surface area contributed by atoms with Crippen LogP contribution in [0.3, 0.4) is 0 Å². The molecule has 8 nitrogen and oxygen atoms in total. The Morgan fingerprint density at radius 3 is 2.40 bits per heavy atom. The lowest BCUT2D eigenvalue weighted by Crippen LogP contribution is -2.20. The molecular formula is C35H44N4O4S2. The molecule has 0 bridgehead atoms. The highest BCUT2D eigenvalue weighted by Gasteiger charge is 2.17. The zero-order valence-corrected chi connectivity index (χ0v) is 27.6. The molecule has 0 aliphatic heterocycles. The van der Waals surface area contributed by atoms with Crippen LogP contribution in [0, 0.1) is 0 Å². The van der Waals surface area contributed by atoms with E-state index in [0.717, 1.165) is 78.4 Å². The molecule has 6 rings (SSSR count). The van der Waals surface area contributed by atoms with Crippen molar-refractivity contribution in [1.29, 1.82) is 0 Å². The zero-order chi connectivity index (χ0) is 31.4. The molecule has 5 aromatic rings. The van der Waals surface area contributed by atoms with Gasteiger partial charge in [-0.15, -0.1) is 11.3 Å². The lowest BCUT2D eigenvalue weighted by Gasteiger charge is -2.14. The molecule has 1 fully saturated rings. The summed E-state index contributed by atoms with van der Waals surface area (Å²) in [6.45, 7) is 3.37. The summed E-state index contributed by atoms with van der Waals surface area (Å²) in [6, 6.07) is 17.3. The summed E-state index contributed by atoms with van der Waals surface area (Å²) in [6.07, 6.45) is 12.3. The van der Waals surface area contributed by atoms with E-state index in [1.807, 2.05) is 47.7 Å². The number of benzene rings is 2. The maximum absolute atomic E-state index is 11.7. The van der Waals surface area contributed by atoms with Crippen LogP contribution >= 0.6 is 22.7 Å². The molecule has 0 amide bonds. The monoisotopic (exact) mass is 648 g/mol. The van der Waals surface area contributed by atoms with Gasteiger partial charge < -0.3 is 29.8 Å². The topological polar surface area (TPSA) is 115 Å². The Bertz CT molecular complexity index is 1640. The molecule has 0 saturated heterocycles. The zero-order valence-electron chi connectivity index (χ0n) is 26.0. The van der Waals surface area contributed by atoms with Crippen molar-refractivity contribution in [3.05, 3.63) is 103 Å². The van der Waals surface area contributed by atoms with Crippen LogP contribution in [0.2, 0.25) is 0 Å². The Kier molecular flexibility index (Phi) is 12.4. The number of phenolic OH excluding ortho intramolecular Hbond substituents is 1. The summed E-state index contributed by atoms with van der Waals surface area (Å²) in [7, 11) is 2.10. The quantitative estimate of drug-likeness (QED) is 0.104. The number of rotatable bonds is 13. The highest BCUT2D eigenvalue weighted by molar-refractivity contribution is 7.16. The predicted octanol–water partition coefficient (Wildman–Crippen LogP) is 6.82. The molecular weight excluding hydrogens is 605 g/mol. The third kappa shape index (κ3) is 9.85. The summed E-state index contributed by atoms with van der Waals surface area (Å²) in [4.78, 5) is 23.4. The highest BCUT2D eigenvalue weighted by Crippen LogP contribution is 2.28. The second kappa shape index (κ2) is 16.9. The highest BCUT2D eigenvalue weighted by atomic mass is 32.1. The second-order valence-electron chi connectivity index (χ2n) is 11.7. The molecule has 1 saturated carbocycles. The van der Waals surface area contributed by atoms with Crippen molar-refractivity contribution in [1.82, 2.24) is 20.2 Å². The van der Waals surface area contributed by atoms with Crippen molar-refractivity contribution >= 4 is 32.9 Å². The van der Waals surface area contributed by atoms with Crippen LogP contribution in [0.5, 0.6) is 5.75 Å². The molecule has 0 radical (unpaired) electrons. The molecule has 3 aromatic heterocycles. The minimum Gasteiger partial charge on any atom is -0.506 e. The molecule has 1 aliphatic rings. The van der Waals surface area contributed by atoms with Crippen molar-refractivity contribution in [2.24, 2.45) is 0 Å². The Labute approximate surface area is 272 Å². The molecule has 3 heterocycles. The van der Waals surface area contributed by atoms with Gasteiger partial charge in [0, 0.05) is 29.3 Å². The third-order valence-electron chi connectivity index (χ3n) is 8.06. The number of hydrogen-bond acceptors (Lipinski definition) is 9. The first-order chi connectivity index (χ1) is 22.0. The average Bonchev–Trinajstić information content (AvgIpc) is 3.83. The number of hydrogen-bond donors (Lipinski definition) is 4. The van der Waals surface area contributed by atoms with Gasteiger partial charge in [0.15, 0.2) is 6.10 Å². The van der Waals surface area contributed by atoms with Crippen LogP contribution in [-0.4, -0.2) is 51.8 Å². The van der Waals surface area contributed by atoms with Crippen molar-refractivity contribution in [2.45, 2.75) is 70.4 Å². The lowest BCUT2D eigenvalue weighted by atomic mass is 10.0. The van der Waals surface area contributed by atoms with Crippen molar-refractivity contribution in [3.63, 3.8) is 0 Å². The maximum atomic E-state index is 11.7. The van der Waals surface area contributed by atoms with Crippen molar-refractivity contribution < 1.29 is 14.6 Å². The summed E-state index contributed by atoms with van der Waals surface area (Å²) in [5, 5.41) is 23.9. The molecule has 4 N–H and O–H groups in total. The van der Waals surface area contributed by atoms with Crippen LogP contribution in [0.25, 0.3) is 10.2 Å². The number of aromatic hydroxyl groups is 1. The fraction of sp³-hybridized carbons (Fsp3) is 0.429. The van der Waals surface area contributed by atoms with Gasteiger partial charge in [0.25, 0.3) is 0 Å². The van der Waals surface area contributed by atoms with Crippen LogP contribution in [0.4, 0.5) is 0 Å². The van der Waals surface area contributed by atoms with E-state index >= 15 is 0 Å². The van der Waals surface area contributed by atoms with Crippen LogP contribution in [0.15, 0.2) is 70.0 Å². The SMILES string of the molecule is C1CCCCC1.CN(CCc1cnc(C(O)c2ccccc2)o1)Cc1ccc(CCNCCc2ccc(O)c3[nH]c(=O)sc23)s1. The number of aliphatic hydroxyl groups excluding tert-OH is 1. The molecule has 1 unspecified atom stereocenters. The van der Waals surface area contributed by atoms with E-state index in [-0.39, 0.29) is 10.6 Å². The normalized spacial score (nSPS) is 14.0. The Morgan fingerprint density at radius 1 is 0.933 bits per heavy atom. The number of nitrogens with zero attached hydrogens (tertiary/aromatic N) is 2. The van der Waals surface area contributed by atoms with Crippen molar-refractivity contribution in [2.75, 3.05) is 26.7 Å². The van der Waals surface area contributed by atoms with E-state index in [1.165, 1.54) is 48.3 Å². The van der Waals surface area contributed by atoms with E-state index in [2.05, 4.69) is 39.4 Å². The largest absolute Gasteiger partial charge is 0.506 e. The second-order valence-corrected chi connectivity index (χ2v) is 13.9. The number of H-pyrrole nitrogens is 1. The number of oxazole rings is 1. The molecule has 1 atom stereocenters. The van der Waals surface area contributed by atoms with E-state index in [9.17, 15) is 15.0 Å². The smallest absolute Gasteiger partial charge is 0.305 e. The van der Waals surface area contributed by atoms with Gasteiger partial charge >= 0.3 is 4.87 Å². The lowest BCUT2D eigenvalue weighted by molar-refractivity contribution is 0.179. The molecule has 10 heteroatoms. The number of nitrogens with one attached hydrogen (secondary N) is 2. The van der Waals surface area contributed by atoms with Gasteiger partial charge in [0.05, 0.1) is 10.9 Å². The fourth-order valence-corrected chi connectivity index (χ4v) is 7.52. The first-order valence-electron chi connectivity index (χ1n) is 15.9. The minimum absolute atomic E-state index is 0.116. The number of likely N-dealkylation sites (N-methyl/N-ethyl adjacent to an activating group) is 1. The average molecular weight is 649 g/mol. The fourth-order valence-electron chi connectivity index (χ4n) is 5.52. The Balaban J connectivity index is 0.000000598. The summed E-state index contributed by atoms with van der Waals surface area (Å²) >= 11 is 2.98. The van der Waals surface area contributed by atoms with Crippen LogP contribution in [-0.2, 0) is 25.8 Å². The Morgan fingerprint density at radius 2 is 1.64 bits per heavy atom. The molecule has 45 heavy (non-hydrogen) atoms. The molecule has 1 aliphatic carbocycles. The van der Waals surface area contributed by atoms with E-state index in [4.69, 9.17) is 4.42 Å². The first kappa shape index (κ1) is 33.1. The number of aromatic amines is 1. The maximum Gasteiger partial charge on any atom is 0.305 e. The number of phenols is 1. The van der Waals surface area contributed by atoms with Crippen LogP contribution < -0.4 is 10.2 Å². The summed E-state index contributed by atoms with van der Waals surface area (Å²) in [5.41, 5.74) is 2.36. The van der Waals surface area contributed by atoms with Gasteiger partial charge in [-0.25, -0.2) is 4.98 Å². The van der Waals surface area contributed by atoms with Gasteiger partial charge in [0.1, 0.15) is 17.0 Å². The van der Waals surface area contributed by atoms with Gasteiger partial charge in [-0.2, -0.15) is 0 Å². The van der Waals surface area contributed by atoms with Crippen LogP contribution in [0.1, 0.15) is 77.2 Å². The number of aliphatic hydroxyl groups is 1. The molecule has 2 aromatic carbocycles. The third-order valence-corrected chi connectivity index (χ3v) is 10.1. The van der Waals surface area contributed by atoms with E-state index in [0.29, 0.717) is 11.4 Å². The molecule has 0 spiro atoms. The first-order valence-corrected chi connectivity index (χ1v) is 17.6. The number of aromatic nitrogens is 2. The van der Waals surface area contributed by atoms with Gasteiger partial charge in [-0.05, 0) is 62.3 Å². The van der Waals surface area contributed by atoms with E-state index in [1.54, 1.807) is 12.3 Å². The molecule has 240 valence electrons. The number of fused-ring (bicyclic) bond motifs is 1. The van der Waals surface area contributed by atoms with Gasteiger partial charge in [-0.1, -0.05) is 86.3 Å². The number of thiazole rings is 1. The standard InChI is InChI=1S/C29H32N4O4S2.C6H12/c1-33(16-13-21-17-31-28(37-21)26(35)19-5-3-2-4-6-19)18-23-9-8-22(38-23)12-15-30-14-11-20-7-10-24(34)25-27(20)39-29(36)32-25;1-2-4-6-5-3-1/h2-10,17,26,30,34-35H,11-16,18H2,1H3,(H,32,36);1-6H2. The van der Waals surface area contributed by atoms with Gasteiger partial charge in [0.2, 0.25) is 5.89 Å². The van der Waals surface area contributed by atoms with E-state index < -0.39 is 6.10 Å².